The average Bonchev–Trinajstić information content (AvgIpc) is 2.54. The molecule has 0 spiro atoms. The molecule has 0 aliphatic rings. The van der Waals surface area contributed by atoms with Crippen LogP contribution in [0.4, 0.5) is 0 Å². The van der Waals surface area contributed by atoms with Crippen LogP contribution in [0.1, 0.15) is 4.88 Å². The fraction of sp³-hybridized carbons (Fsp3) is 0.100. The Morgan fingerprint density at radius 1 is 1.50 bits per heavy atom. The zero-order valence-corrected chi connectivity index (χ0v) is 8.26. The quantitative estimate of drug-likeness (QED) is 0.778. The minimum Gasteiger partial charge on any atom is -0.508 e. The summed E-state index contributed by atoms with van der Waals surface area (Å²) < 4.78 is 6.06. The van der Waals surface area contributed by atoms with Gasteiger partial charge in [0.15, 0.2) is 5.75 Å². The molecular formula is C10H7NO2S. The number of hydrogen-bond donors (Lipinski definition) is 1. The van der Waals surface area contributed by atoms with E-state index in [0.29, 0.717) is 10.6 Å². The van der Waals surface area contributed by atoms with Crippen molar-refractivity contribution in [3.63, 3.8) is 0 Å². The van der Waals surface area contributed by atoms with Gasteiger partial charge in [-0.05, 0) is 18.2 Å². The standard InChI is InChI=1S/C10H7NO2S/c1-13-10-7-4-6(12)2-3-8(7)14-9(10)5-11/h2-4,12H,1H3. The van der Waals surface area contributed by atoms with Gasteiger partial charge in [0.2, 0.25) is 0 Å². The molecule has 0 amide bonds. The lowest BCUT2D eigenvalue weighted by molar-refractivity contribution is 0.420. The Labute approximate surface area is 84.8 Å². The lowest BCUT2D eigenvalue weighted by Gasteiger charge is -1.97. The maximum absolute atomic E-state index is 9.30. The Morgan fingerprint density at radius 2 is 2.29 bits per heavy atom. The summed E-state index contributed by atoms with van der Waals surface area (Å²) >= 11 is 1.36. The molecule has 1 N–H and O–H groups in total. The molecule has 0 radical (unpaired) electrons. The zero-order chi connectivity index (χ0) is 10.1. The molecule has 0 unspecified atom stereocenters. The van der Waals surface area contributed by atoms with Crippen molar-refractivity contribution in [2.24, 2.45) is 0 Å². The van der Waals surface area contributed by atoms with Crippen molar-refractivity contribution >= 4 is 21.4 Å². The van der Waals surface area contributed by atoms with Gasteiger partial charge in [0, 0.05) is 10.1 Å². The molecular weight excluding hydrogens is 198 g/mol. The van der Waals surface area contributed by atoms with Gasteiger partial charge >= 0.3 is 0 Å². The van der Waals surface area contributed by atoms with Crippen LogP contribution in [0.25, 0.3) is 10.1 Å². The maximum atomic E-state index is 9.30. The van der Waals surface area contributed by atoms with E-state index in [4.69, 9.17) is 10.00 Å². The number of fused-ring (bicyclic) bond motifs is 1. The number of phenolic OH excluding ortho intramolecular Hbond substituents is 1. The summed E-state index contributed by atoms with van der Waals surface area (Å²) in [6.45, 7) is 0. The van der Waals surface area contributed by atoms with E-state index in [9.17, 15) is 5.11 Å². The fourth-order valence-electron chi connectivity index (χ4n) is 1.34. The van der Waals surface area contributed by atoms with Crippen LogP contribution < -0.4 is 4.74 Å². The normalized spacial score (nSPS) is 10.0. The number of hydrogen-bond acceptors (Lipinski definition) is 4. The third kappa shape index (κ3) is 1.19. The molecule has 1 aromatic carbocycles. The molecule has 2 rings (SSSR count). The molecule has 0 aliphatic carbocycles. The van der Waals surface area contributed by atoms with Crippen LogP contribution in [0.15, 0.2) is 18.2 Å². The largest absolute Gasteiger partial charge is 0.508 e. The fourth-order valence-corrected chi connectivity index (χ4v) is 2.29. The van der Waals surface area contributed by atoms with Gasteiger partial charge < -0.3 is 9.84 Å². The van der Waals surface area contributed by atoms with Crippen LogP contribution in [0.2, 0.25) is 0 Å². The Balaban J connectivity index is 2.83. The van der Waals surface area contributed by atoms with Gasteiger partial charge in [0.25, 0.3) is 0 Å². The third-order valence-corrected chi connectivity index (χ3v) is 2.99. The highest BCUT2D eigenvalue weighted by atomic mass is 32.1. The number of aromatic hydroxyl groups is 1. The summed E-state index contributed by atoms with van der Waals surface area (Å²) in [6.07, 6.45) is 0. The molecule has 1 aromatic heterocycles. The molecule has 0 saturated carbocycles. The van der Waals surface area contributed by atoms with Crippen molar-refractivity contribution in [1.29, 1.82) is 5.26 Å². The molecule has 70 valence electrons. The maximum Gasteiger partial charge on any atom is 0.155 e. The Morgan fingerprint density at radius 3 is 2.93 bits per heavy atom. The highest BCUT2D eigenvalue weighted by Crippen LogP contribution is 2.38. The summed E-state index contributed by atoms with van der Waals surface area (Å²) in [5.74, 6) is 0.724. The predicted molar refractivity (Wildman–Crippen MR) is 54.8 cm³/mol. The van der Waals surface area contributed by atoms with Crippen molar-refractivity contribution in [1.82, 2.24) is 0 Å². The minimum absolute atomic E-state index is 0.179. The number of phenols is 1. The lowest BCUT2D eigenvalue weighted by atomic mass is 10.2. The lowest BCUT2D eigenvalue weighted by Crippen LogP contribution is -1.82. The Kier molecular flexibility index (Phi) is 2.02. The van der Waals surface area contributed by atoms with Gasteiger partial charge in [0.1, 0.15) is 16.7 Å². The van der Waals surface area contributed by atoms with Gasteiger partial charge in [0.05, 0.1) is 7.11 Å². The van der Waals surface area contributed by atoms with Crippen LogP contribution in [-0.2, 0) is 0 Å². The number of benzene rings is 1. The minimum atomic E-state index is 0.179. The summed E-state index contributed by atoms with van der Waals surface area (Å²) in [5.41, 5.74) is 0. The predicted octanol–water partition coefficient (Wildman–Crippen LogP) is 2.49. The highest BCUT2D eigenvalue weighted by molar-refractivity contribution is 7.20. The number of nitriles is 1. The van der Waals surface area contributed by atoms with Crippen molar-refractivity contribution < 1.29 is 9.84 Å². The molecule has 4 heteroatoms. The van der Waals surface area contributed by atoms with Crippen LogP contribution in [0.5, 0.6) is 11.5 Å². The zero-order valence-electron chi connectivity index (χ0n) is 7.44. The molecule has 0 bridgehead atoms. The molecule has 14 heavy (non-hydrogen) atoms. The van der Waals surface area contributed by atoms with E-state index in [0.717, 1.165) is 10.1 Å². The monoisotopic (exact) mass is 205 g/mol. The summed E-state index contributed by atoms with van der Waals surface area (Å²) in [4.78, 5) is 0.535. The van der Waals surface area contributed by atoms with E-state index in [1.165, 1.54) is 18.4 Å². The first kappa shape index (κ1) is 8.85. The van der Waals surface area contributed by atoms with Crippen molar-refractivity contribution in [3.05, 3.63) is 23.1 Å². The van der Waals surface area contributed by atoms with E-state index in [1.54, 1.807) is 18.2 Å². The topological polar surface area (TPSA) is 53.2 Å². The first-order valence-electron chi connectivity index (χ1n) is 3.96. The van der Waals surface area contributed by atoms with E-state index in [2.05, 4.69) is 6.07 Å². The van der Waals surface area contributed by atoms with Gasteiger partial charge in [-0.3, -0.25) is 0 Å². The molecule has 1 heterocycles. The van der Waals surface area contributed by atoms with E-state index >= 15 is 0 Å². The van der Waals surface area contributed by atoms with Gasteiger partial charge in [-0.25, -0.2) is 0 Å². The second-order valence-electron chi connectivity index (χ2n) is 2.76. The SMILES string of the molecule is COc1c(C#N)sc2ccc(O)cc12. The van der Waals surface area contributed by atoms with E-state index < -0.39 is 0 Å². The van der Waals surface area contributed by atoms with E-state index in [1.807, 2.05) is 0 Å². The van der Waals surface area contributed by atoms with Crippen LogP contribution in [0, 0.1) is 11.3 Å². The van der Waals surface area contributed by atoms with E-state index in [-0.39, 0.29) is 5.75 Å². The van der Waals surface area contributed by atoms with Gasteiger partial charge in [-0.15, -0.1) is 11.3 Å². The molecule has 2 aromatic rings. The van der Waals surface area contributed by atoms with Gasteiger partial charge in [-0.1, -0.05) is 0 Å². The number of methoxy groups -OCH3 is 1. The summed E-state index contributed by atoms with van der Waals surface area (Å²) in [7, 11) is 1.52. The number of rotatable bonds is 1. The molecule has 3 nitrogen and oxygen atoms in total. The first-order valence-corrected chi connectivity index (χ1v) is 4.77. The molecule has 0 saturated heterocycles. The molecule has 0 aliphatic heterocycles. The smallest absolute Gasteiger partial charge is 0.155 e. The van der Waals surface area contributed by atoms with Gasteiger partial charge in [-0.2, -0.15) is 5.26 Å². The molecule has 0 fully saturated rings. The van der Waals surface area contributed by atoms with Crippen molar-refractivity contribution in [3.8, 4) is 17.6 Å². The summed E-state index contributed by atoms with van der Waals surface area (Å²) in [6, 6.07) is 7.04. The van der Waals surface area contributed by atoms with Crippen LogP contribution >= 0.6 is 11.3 Å². The van der Waals surface area contributed by atoms with Crippen LogP contribution in [0.3, 0.4) is 0 Å². The number of nitrogens with zero attached hydrogens (tertiary/aromatic N) is 1. The van der Waals surface area contributed by atoms with Crippen LogP contribution in [-0.4, -0.2) is 12.2 Å². The summed E-state index contributed by atoms with van der Waals surface area (Å²) in [5, 5.41) is 18.9. The second-order valence-corrected chi connectivity index (χ2v) is 3.81. The second kappa shape index (κ2) is 3.20. The van der Waals surface area contributed by atoms with Crippen molar-refractivity contribution in [2.45, 2.75) is 0 Å². The highest BCUT2D eigenvalue weighted by Gasteiger charge is 2.12. The first-order chi connectivity index (χ1) is 6.76. The third-order valence-electron chi connectivity index (χ3n) is 1.93. The van der Waals surface area contributed by atoms with Crippen molar-refractivity contribution in [2.75, 3.05) is 7.11 Å². The Hall–Kier alpha value is -1.73. The number of ether oxygens (including phenoxy) is 1. The molecule has 0 atom stereocenters. The average molecular weight is 205 g/mol. The number of thiophene rings is 1. The Bertz CT molecular complexity index is 525.